The zero-order valence-corrected chi connectivity index (χ0v) is 13.7. The molecule has 0 saturated heterocycles. The monoisotopic (exact) mass is 311 g/mol. The van der Waals surface area contributed by atoms with E-state index < -0.39 is 0 Å². The molecule has 3 heteroatoms. The first-order chi connectivity index (χ1) is 10.2. The van der Waals surface area contributed by atoms with E-state index in [4.69, 9.17) is 5.26 Å². The van der Waals surface area contributed by atoms with Crippen LogP contribution in [0.5, 0.6) is 0 Å². The van der Waals surface area contributed by atoms with Crippen LogP contribution in [0.25, 0.3) is 12.2 Å². The number of rotatable bonds is 5. The predicted octanol–water partition coefficient (Wildman–Crippen LogP) is 5.58. The van der Waals surface area contributed by atoms with Crippen molar-refractivity contribution in [1.29, 1.82) is 5.26 Å². The Balaban J connectivity index is 2.02. The Morgan fingerprint density at radius 1 is 0.905 bits per heavy atom. The number of nitrogens with zero attached hydrogens (tertiary/aromatic N) is 1. The van der Waals surface area contributed by atoms with Crippen LogP contribution >= 0.6 is 23.5 Å². The average Bonchev–Trinajstić information content (AvgIpc) is 2.54. The first-order valence-corrected chi connectivity index (χ1v) is 8.80. The minimum Gasteiger partial charge on any atom is -0.197 e. The lowest BCUT2D eigenvalue weighted by Gasteiger charge is -2.03. The number of hydrogen-bond acceptors (Lipinski definition) is 3. The highest BCUT2D eigenvalue weighted by atomic mass is 32.2. The van der Waals surface area contributed by atoms with Crippen LogP contribution in [0.4, 0.5) is 0 Å². The fraction of sp³-hybridized carbons (Fsp3) is 0.167. The Hall–Kier alpha value is -1.63. The van der Waals surface area contributed by atoms with Crippen LogP contribution in [0.1, 0.15) is 18.1 Å². The van der Waals surface area contributed by atoms with Gasteiger partial charge in [0.05, 0.1) is 11.3 Å². The molecule has 21 heavy (non-hydrogen) atoms. The lowest BCUT2D eigenvalue weighted by molar-refractivity contribution is 1.23. The van der Waals surface area contributed by atoms with Crippen molar-refractivity contribution >= 4 is 35.7 Å². The highest BCUT2D eigenvalue weighted by molar-refractivity contribution is 8.00. The number of thioether (sulfide) groups is 2. The van der Waals surface area contributed by atoms with Gasteiger partial charge in [0.15, 0.2) is 0 Å². The van der Waals surface area contributed by atoms with Crippen molar-refractivity contribution in [2.75, 3.05) is 6.26 Å². The van der Waals surface area contributed by atoms with Crippen molar-refractivity contribution < 1.29 is 0 Å². The average molecular weight is 311 g/mol. The summed E-state index contributed by atoms with van der Waals surface area (Å²) in [5, 5.41) is 8.80. The summed E-state index contributed by atoms with van der Waals surface area (Å²) in [4.78, 5) is 2.41. The Labute approximate surface area is 135 Å². The van der Waals surface area contributed by atoms with Gasteiger partial charge in [-0.3, -0.25) is 0 Å². The van der Waals surface area contributed by atoms with E-state index in [0.29, 0.717) is 0 Å². The zero-order valence-electron chi connectivity index (χ0n) is 12.1. The maximum absolute atomic E-state index is 8.81. The summed E-state index contributed by atoms with van der Waals surface area (Å²) in [5.41, 5.74) is 2.36. The summed E-state index contributed by atoms with van der Waals surface area (Å²) in [5.74, 6) is 0. The molecule has 106 valence electrons. The second kappa shape index (κ2) is 7.97. The number of hydrogen-bond donors (Lipinski definition) is 0. The van der Waals surface area contributed by atoms with Gasteiger partial charge in [0.25, 0.3) is 0 Å². The molecule has 0 spiro atoms. The van der Waals surface area contributed by atoms with Crippen LogP contribution in [0.15, 0.2) is 58.3 Å². The molecule has 0 heterocycles. The molecule has 0 amide bonds. The van der Waals surface area contributed by atoms with Gasteiger partial charge in [-0.05, 0) is 48.6 Å². The standard InChI is InChI=1S/C18H17NS2/c1-14(13-19)21-18-11-7-16(8-12-18)4-3-15-5-9-17(20-2)10-6-15/h3-12,14H,1-2H3/b4-3+. The van der Waals surface area contributed by atoms with Gasteiger partial charge < -0.3 is 0 Å². The van der Waals surface area contributed by atoms with E-state index >= 15 is 0 Å². The molecule has 0 aliphatic rings. The molecule has 2 rings (SSSR count). The first-order valence-electron chi connectivity index (χ1n) is 6.70. The van der Waals surface area contributed by atoms with Gasteiger partial charge in [-0.2, -0.15) is 5.26 Å². The second-order valence-electron chi connectivity index (χ2n) is 4.56. The van der Waals surface area contributed by atoms with Gasteiger partial charge in [0, 0.05) is 9.79 Å². The molecule has 0 saturated carbocycles. The molecule has 1 nitrogen and oxygen atoms in total. The predicted molar refractivity (Wildman–Crippen MR) is 94.5 cm³/mol. The molecule has 0 N–H and O–H groups in total. The van der Waals surface area contributed by atoms with Crippen LogP contribution < -0.4 is 0 Å². The molecule has 2 aromatic carbocycles. The fourth-order valence-corrected chi connectivity index (χ4v) is 2.96. The van der Waals surface area contributed by atoms with Gasteiger partial charge in [0.2, 0.25) is 0 Å². The highest BCUT2D eigenvalue weighted by Crippen LogP contribution is 2.23. The third-order valence-electron chi connectivity index (χ3n) is 2.96. The molecular weight excluding hydrogens is 294 g/mol. The van der Waals surface area contributed by atoms with Gasteiger partial charge in [-0.1, -0.05) is 36.4 Å². The molecular formula is C18H17NS2. The van der Waals surface area contributed by atoms with Crippen molar-refractivity contribution in [3.05, 3.63) is 59.7 Å². The van der Waals surface area contributed by atoms with Gasteiger partial charge in [-0.25, -0.2) is 0 Å². The maximum atomic E-state index is 8.81. The number of benzene rings is 2. The van der Waals surface area contributed by atoms with Crippen LogP contribution in [0.3, 0.4) is 0 Å². The molecule has 0 aliphatic carbocycles. The first kappa shape index (κ1) is 15.8. The minimum absolute atomic E-state index is 0.0126. The van der Waals surface area contributed by atoms with Crippen molar-refractivity contribution in [1.82, 2.24) is 0 Å². The minimum atomic E-state index is -0.0126. The fourth-order valence-electron chi connectivity index (χ4n) is 1.80. The molecule has 0 aliphatic heterocycles. The zero-order chi connectivity index (χ0) is 15.1. The van der Waals surface area contributed by atoms with E-state index in [0.717, 1.165) is 10.5 Å². The topological polar surface area (TPSA) is 23.8 Å². The van der Waals surface area contributed by atoms with E-state index in [1.807, 2.05) is 6.92 Å². The van der Waals surface area contributed by atoms with E-state index in [9.17, 15) is 0 Å². The van der Waals surface area contributed by atoms with Crippen LogP contribution in [0.2, 0.25) is 0 Å². The molecule has 1 atom stereocenters. The Morgan fingerprint density at radius 3 is 1.81 bits per heavy atom. The normalized spacial score (nSPS) is 12.2. The summed E-state index contributed by atoms with van der Waals surface area (Å²) in [6.07, 6.45) is 6.30. The largest absolute Gasteiger partial charge is 0.197 e. The summed E-state index contributed by atoms with van der Waals surface area (Å²) < 4.78 is 0. The summed E-state index contributed by atoms with van der Waals surface area (Å²) >= 11 is 3.33. The third-order valence-corrected chi connectivity index (χ3v) is 4.71. The number of nitriles is 1. The molecule has 2 aromatic rings. The summed E-state index contributed by atoms with van der Waals surface area (Å²) in [6, 6.07) is 19.0. The van der Waals surface area contributed by atoms with E-state index in [-0.39, 0.29) is 5.25 Å². The van der Waals surface area contributed by atoms with E-state index in [1.54, 1.807) is 23.5 Å². The van der Waals surface area contributed by atoms with Crippen molar-refractivity contribution in [3.63, 3.8) is 0 Å². The Kier molecular flexibility index (Phi) is 5.98. The quantitative estimate of drug-likeness (QED) is 0.532. The van der Waals surface area contributed by atoms with E-state index in [2.05, 4.69) is 73.0 Å². The molecule has 0 aromatic heterocycles. The molecule has 0 fully saturated rings. The second-order valence-corrected chi connectivity index (χ2v) is 6.86. The third kappa shape index (κ3) is 5.00. The maximum Gasteiger partial charge on any atom is 0.0935 e. The van der Waals surface area contributed by atoms with Crippen LogP contribution in [-0.2, 0) is 0 Å². The summed E-state index contributed by atoms with van der Waals surface area (Å²) in [6.45, 7) is 1.91. The lowest BCUT2D eigenvalue weighted by Crippen LogP contribution is -1.88. The van der Waals surface area contributed by atoms with Crippen LogP contribution in [-0.4, -0.2) is 11.5 Å². The Bertz CT molecular complexity index is 636. The SMILES string of the molecule is CSc1ccc(/C=C/c2ccc(SC(C)C#N)cc2)cc1. The van der Waals surface area contributed by atoms with Gasteiger partial charge in [0.1, 0.15) is 0 Å². The van der Waals surface area contributed by atoms with Gasteiger partial charge >= 0.3 is 0 Å². The van der Waals surface area contributed by atoms with Crippen molar-refractivity contribution in [2.45, 2.75) is 22.0 Å². The van der Waals surface area contributed by atoms with Gasteiger partial charge in [-0.15, -0.1) is 23.5 Å². The molecule has 0 radical (unpaired) electrons. The summed E-state index contributed by atoms with van der Waals surface area (Å²) in [7, 11) is 0. The smallest absolute Gasteiger partial charge is 0.0935 e. The van der Waals surface area contributed by atoms with Crippen LogP contribution in [0, 0.1) is 11.3 Å². The Morgan fingerprint density at radius 2 is 1.38 bits per heavy atom. The lowest BCUT2D eigenvalue weighted by atomic mass is 10.1. The van der Waals surface area contributed by atoms with Crippen molar-refractivity contribution in [3.8, 4) is 6.07 Å². The highest BCUT2D eigenvalue weighted by Gasteiger charge is 2.01. The van der Waals surface area contributed by atoms with E-state index in [1.165, 1.54) is 10.5 Å². The van der Waals surface area contributed by atoms with Crippen molar-refractivity contribution in [2.24, 2.45) is 0 Å². The molecule has 0 bridgehead atoms. The molecule has 1 unspecified atom stereocenters.